The minimum Gasteiger partial charge on any atom is -0.448 e. The summed E-state index contributed by atoms with van der Waals surface area (Å²) in [5.41, 5.74) is 0.0305. The van der Waals surface area contributed by atoms with Crippen molar-refractivity contribution in [2.45, 2.75) is 39.3 Å². The van der Waals surface area contributed by atoms with Gasteiger partial charge in [-0.2, -0.15) is 0 Å². The maximum Gasteiger partial charge on any atom is 0.349 e. The van der Waals surface area contributed by atoms with E-state index in [0.29, 0.717) is 34.6 Å². The molecule has 1 atom stereocenters. The van der Waals surface area contributed by atoms with E-state index in [2.05, 4.69) is 10.3 Å². The minimum atomic E-state index is -1.21. The van der Waals surface area contributed by atoms with Gasteiger partial charge in [-0.15, -0.1) is 11.3 Å². The SMILES string of the molecule is Cc1c(C(=O)OC(C)C(=O)Nc2ccccc2[N+](=O)[O-])sc2nc3n(c(=O)c12)CCC3. The summed E-state index contributed by atoms with van der Waals surface area (Å²) >= 11 is 1.06. The number of nitro groups is 1. The highest BCUT2D eigenvalue weighted by atomic mass is 32.1. The van der Waals surface area contributed by atoms with Crippen LogP contribution in [0, 0.1) is 17.0 Å². The third kappa shape index (κ3) is 3.67. The number of hydrogen-bond donors (Lipinski definition) is 1. The molecule has 11 heteroatoms. The highest BCUT2D eigenvalue weighted by Gasteiger charge is 2.27. The van der Waals surface area contributed by atoms with Crippen LogP contribution in [0.5, 0.6) is 0 Å². The summed E-state index contributed by atoms with van der Waals surface area (Å²) in [7, 11) is 0. The summed E-state index contributed by atoms with van der Waals surface area (Å²) in [6.07, 6.45) is 0.362. The Hall–Kier alpha value is -3.60. The van der Waals surface area contributed by atoms with Gasteiger partial charge in [0.2, 0.25) is 0 Å². The van der Waals surface area contributed by atoms with E-state index in [0.717, 1.165) is 17.8 Å². The number of carbonyl (C=O) groups is 2. The molecule has 1 unspecified atom stereocenters. The summed E-state index contributed by atoms with van der Waals surface area (Å²) in [6.45, 7) is 3.62. The van der Waals surface area contributed by atoms with Crippen LogP contribution in [0.15, 0.2) is 29.1 Å². The van der Waals surface area contributed by atoms with Gasteiger partial charge in [0.15, 0.2) is 6.10 Å². The molecule has 1 N–H and O–H groups in total. The molecule has 0 fully saturated rings. The maximum atomic E-state index is 12.8. The van der Waals surface area contributed by atoms with E-state index in [4.69, 9.17) is 4.74 Å². The molecule has 0 aliphatic carbocycles. The number of carbonyl (C=O) groups excluding carboxylic acids is 2. The fraction of sp³-hybridized carbons (Fsp3) is 0.300. The monoisotopic (exact) mass is 442 g/mol. The van der Waals surface area contributed by atoms with Crippen molar-refractivity contribution in [1.82, 2.24) is 9.55 Å². The largest absolute Gasteiger partial charge is 0.448 e. The number of aryl methyl sites for hydroxylation is 2. The topological polar surface area (TPSA) is 133 Å². The number of ether oxygens (including phenoxy) is 1. The molecule has 0 saturated carbocycles. The fourth-order valence-electron chi connectivity index (χ4n) is 3.51. The van der Waals surface area contributed by atoms with E-state index in [-0.39, 0.29) is 21.8 Å². The Morgan fingerprint density at radius 1 is 1.35 bits per heavy atom. The fourth-order valence-corrected chi connectivity index (χ4v) is 4.58. The van der Waals surface area contributed by atoms with E-state index < -0.39 is 22.9 Å². The van der Waals surface area contributed by atoms with Crippen molar-refractivity contribution in [3.63, 3.8) is 0 Å². The van der Waals surface area contributed by atoms with Crippen molar-refractivity contribution < 1.29 is 19.2 Å². The Morgan fingerprint density at radius 3 is 2.84 bits per heavy atom. The standard InChI is InChI=1S/C20H18N4O6S/c1-10-15-18(22-14-8-5-9-23(14)19(15)26)31-16(10)20(27)30-11(2)17(25)21-12-6-3-4-7-13(12)24(28)29/h3-4,6-7,11H,5,8-9H2,1-2H3,(H,21,25). The van der Waals surface area contributed by atoms with E-state index in [1.165, 1.54) is 25.1 Å². The molecule has 31 heavy (non-hydrogen) atoms. The number of para-hydroxylation sites is 2. The Labute approximate surface area is 179 Å². The number of esters is 1. The number of fused-ring (bicyclic) bond motifs is 2. The second kappa shape index (κ2) is 7.91. The van der Waals surface area contributed by atoms with Crippen molar-refractivity contribution in [2.24, 2.45) is 0 Å². The smallest absolute Gasteiger partial charge is 0.349 e. The van der Waals surface area contributed by atoms with Gasteiger partial charge in [0.1, 0.15) is 21.2 Å². The Kier molecular flexibility index (Phi) is 5.27. The second-order valence-electron chi connectivity index (χ2n) is 7.14. The normalized spacial score (nSPS) is 13.6. The quantitative estimate of drug-likeness (QED) is 0.365. The second-order valence-corrected chi connectivity index (χ2v) is 8.13. The zero-order valence-electron chi connectivity index (χ0n) is 16.7. The predicted octanol–water partition coefficient (Wildman–Crippen LogP) is 2.80. The number of nitrogens with zero attached hydrogens (tertiary/aromatic N) is 3. The molecule has 10 nitrogen and oxygen atoms in total. The molecule has 0 saturated heterocycles. The first kappa shape index (κ1) is 20.7. The van der Waals surface area contributed by atoms with Crippen LogP contribution in [0.4, 0.5) is 11.4 Å². The number of nitrogens with one attached hydrogen (secondary N) is 1. The number of amides is 1. The Balaban J connectivity index is 1.54. The van der Waals surface area contributed by atoms with Crippen molar-refractivity contribution >= 4 is 44.8 Å². The number of nitro benzene ring substituents is 1. The lowest BCUT2D eigenvalue weighted by molar-refractivity contribution is -0.383. The van der Waals surface area contributed by atoms with Gasteiger partial charge in [-0.05, 0) is 31.9 Å². The molecular formula is C20H18N4O6S. The van der Waals surface area contributed by atoms with Crippen molar-refractivity contribution in [3.05, 3.63) is 61.0 Å². The molecular weight excluding hydrogens is 424 g/mol. The van der Waals surface area contributed by atoms with Crippen molar-refractivity contribution in [1.29, 1.82) is 0 Å². The molecule has 1 aliphatic rings. The van der Waals surface area contributed by atoms with Crippen LogP contribution in [0.3, 0.4) is 0 Å². The van der Waals surface area contributed by atoms with Crippen LogP contribution >= 0.6 is 11.3 Å². The third-order valence-corrected chi connectivity index (χ3v) is 6.27. The predicted molar refractivity (Wildman–Crippen MR) is 114 cm³/mol. The van der Waals surface area contributed by atoms with E-state index in [9.17, 15) is 24.5 Å². The van der Waals surface area contributed by atoms with Gasteiger partial charge < -0.3 is 10.1 Å². The molecule has 1 amide bonds. The molecule has 0 bridgehead atoms. The highest BCUT2D eigenvalue weighted by molar-refractivity contribution is 7.20. The average molecular weight is 442 g/mol. The van der Waals surface area contributed by atoms with E-state index >= 15 is 0 Å². The number of anilines is 1. The van der Waals surface area contributed by atoms with Crippen molar-refractivity contribution in [2.75, 3.05) is 5.32 Å². The van der Waals surface area contributed by atoms with Gasteiger partial charge in [0.05, 0.1) is 10.3 Å². The first-order chi connectivity index (χ1) is 14.8. The molecule has 3 aromatic rings. The van der Waals surface area contributed by atoms with Crippen LogP contribution in [-0.4, -0.2) is 32.5 Å². The number of aromatic nitrogens is 2. The number of hydrogen-bond acceptors (Lipinski definition) is 8. The summed E-state index contributed by atoms with van der Waals surface area (Å²) < 4.78 is 6.90. The molecule has 0 radical (unpaired) electrons. The van der Waals surface area contributed by atoms with Crippen LogP contribution in [0.1, 0.15) is 34.4 Å². The molecule has 4 rings (SSSR count). The molecule has 160 valence electrons. The van der Waals surface area contributed by atoms with Crippen molar-refractivity contribution in [3.8, 4) is 0 Å². The number of rotatable bonds is 5. The van der Waals surface area contributed by atoms with Gasteiger partial charge in [0.25, 0.3) is 17.2 Å². The molecule has 0 spiro atoms. The van der Waals surface area contributed by atoms with Crippen LogP contribution in [0.25, 0.3) is 10.2 Å². The zero-order valence-corrected chi connectivity index (χ0v) is 17.5. The van der Waals surface area contributed by atoms with Gasteiger partial charge in [0, 0.05) is 19.0 Å². The van der Waals surface area contributed by atoms with Crippen LogP contribution in [0.2, 0.25) is 0 Å². The van der Waals surface area contributed by atoms with Gasteiger partial charge in [-0.3, -0.25) is 24.3 Å². The summed E-state index contributed by atoms with van der Waals surface area (Å²) in [5.74, 6) is -0.760. The van der Waals surface area contributed by atoms with E-state index in [1.807, 2.05) is 0 Å². The molecule has 1 aromatic carbocycles. The third-order valence-electron chi connectivity index (χ3n) is 5.11. The first-order valence-corrected chi connectivity index (χ1v) is 10.4. The average Bonchev–Trinajstić information content (AvgIpc) is 3.33. The lowest BCUT2D eigenvalue weighted by Crippen LogP contribution is -2.30. The zero-order chi connectivity index (χ0) is 22.3. The highest BCUT2D eigenvalue weighted by Crippen LogP contribution is 2.29. The van der Waals surface area contributed by atoms with Crippen LogP contribution in [-0.2, 0) is 22.5 Å². The Morgan fingerprint density at radius 2 is 2.10 bits per heavy atom. The van der Waals surface area contributed by atoms with Gasteiger partial charge in [-0.1, -0.05) is 12.1 Å². The maximum absolute atomic E-state index is 12.8. The van der Waals surface area contributed by atoms with Gasteiger partial charge >= 0.3 is 5.97 Å². The minimum absolute atomic E-state index is 0.00480. The molecule has 3 heterocycles. The summed E-state index contributed by atoms with van der Waals surface area (Å²) in [4.78, 5) is 53.6. The lowest BCUT2D eigenvalue weighted by Gasteiger charge is -2.13. The molecule has 1 aliphatic heterocycles. The van der Waals surface area contributed by atoms with Crippen LogP contribution < -0.4 is 10.9 Å². The number of thiophene rings is 1. The number of benzene rings is 1. The summed E-state index contributed by atoms with van der Waals surface area (Å²) in [6, 6.07) is 5.67. The lowest BCUT2D eigenvalue weighted by atomic mass is 10.2. The van der Waals surface area contributed by atoms with E-state index in [1.54, 1.807) is 17.6 Å². The molecule has 2 aromatic heterocycles. The van der Waals surface area contributed by atoms with Gasteiger partial charge in [-0.25, -0.2) is 9.78 Å². The Bertz CT molecular complexity index is 1290. The first-order valence-electron chi connectivity index (χ1n) is 9.56. The summed E-state index contributed by atoms with van der Waals surface area (Å²) in [5, 5.41) is 13.9.